The molecule has 3 rings (SSSR count). The minimum Gasteiger partial charge on any atom is -0.489 e. The fourth-order valence-electron chi connectivity index (χ4n) is 2.35. The SMILES string of the molecule is O=C(N/N=C\c1ccc(OCc2ccccc2)cc1)C(=O)Nc1ccccc1Br. The zero-order valence-corrected chi connectivity index (χ0v) is 16.9. The Bertz CT molecular complexity index is 1010. The van der Waals surface area contributed by atoms with E-state index in [0.29, 0.717) is 16.8 Å². The Morgan fingerprint density at radius 1 is 0.897 bits per heavy atom. The Balaban J connectivity index is 1.47. The predicted molar refractivity (Wildman–Crippen MR) is 116 cm³/mol. The summed E-state index contributed by atoms with van der Waals surface area (Å²) in [5.74, 6) is -0.943. The first-order valence-electron chi connectivity index (χ1n) is 8.77. The van der Waals surface area contributed by atoms with Gasteiger partial charge in [0.25, 0.3) is 0 Å². The van der Waals surface area contributed by atoms with E-state index >= 15 is 0 Å². The molecule has 0 spiro atoms. The first-order chi connectivity index (χ1) is 14.1. The smallest absolute Gasteiger partial charge is 0.329 e. The standard InChI is InChI=1S/C22H18BrN3O3/c23-19-8-4-5-9-20(19)25-21(27)22(28)26-24-14-16-10-12-18(13-11-16)29-15-17-6-2-1-3-7-17/h1-14H,15H2,(H,25,27)(H,26,28)/b24-14-. The summed E-state index contributed by atoms with van der Waals surface area (Å²) < 4.78 is 6.40. The highest BCUT2D eigenvalue weighted by atomic mass is 79.9. The molecule has 2 N–H and O–H groups in total. The van der Waals surface area contributed by atoms with E-state index in [1.807, 2.05) is 48.5 Å². The van der Waals surface area contributed by atoms with Gasteiger partial charge in [0.2, 0.25) is 0 Å². The molecule has 0 aliphatic heterocycles. The van der Waals surface area contributed by atoms with Crippen molar-refractivity contribution in [1.29, 1.82) is 0 Å². The van der Waals surface area contributed by atoms with E-state index in [9.17, 15) is 9.59 Å². The summed E-state index contributed by atoms with van der Waals surface area (Å²) in [4.78, 5) is 23.8. The van der Waals surface area contributed by atoms with Crippen LogP contribution in [-0.4, -0.2) is 18.0 Å². The summed E-state index contributed by atoms with van der Waals surface area (Å²) in [6.07, 6.45) is 1.45. The molecule has 2 amide bonds. The number of halogens is 1. The second-order valence-corrected chi connectivity index (χ2v) is 6.83. The van der Waals surface area contributed by atoms with Gasteiger partial charge in [0.15, 0.2) is 0 Å². The summed E-state index contributed by atoms with van der Waals surface area (Å²) in [6.45, 7) is 0.483. The van der Waals surface area contributed by atoms with Crippen LogP contribution in [-0.2, 0) is 16.2 Å². The Hall–Kier alpha value is -3.45. The van der Waals surface area contributed by atoms with Crippen molar-refractivity contribution in [2.45, 2.75) is 6.61 Å². The predicted octanol–water partition coefficient (Wildman–Crippen LogP) is 4.12. The van der Waals surface area contributed by atoms with Gasteiger partial charge in [-0.3, -0.25) is 9.59 Å². The van der Waals surface area contributed by atoms with Crippen molar-refractivity contribution in [2.24, 2.45) is 5.10 Å². The van der Waals surface area contributed by atoms with E-state index < -0.39 is 11.8 Å². The minimum absolute atomic E-state index is 0.483. The van der Waals surface area contributed by atoms with Crippen molar-refractivity contribution in [2.75, 3.05) is 5.32 Å². The number of para-hydroxylation sites is 1. The monoisotopic (exact) mass is 451 g/mol. The molecule has 6 nitrogen and oxygen atoms in total. The van der Waals surface area contributed by atoms with E-state index in [1.54, 1.807) is 30.3 Å². The number of hydrogen-bond donors (Lipinski definition) is 2. The first-order valence-corrected chi connectivity index (χ1v) is 9.57. The second kappa shape index (κ2) is 10.2. The summed E-state index contributed by atoms with van der Waals surface area (Å²) >= 11 is 3.30. The van der Waals surface area contributed by atoms with Gasteiger partial charge in [0.1, 0.15) is 12.4 Å². The molecule has 0 heterocycles. The van der Waals surface area contributed by atoms with Crippen molar-refractivity contribution < 1.29 is 14.3 Å². The second-order valence-electron chi connectivity index (χ2n) is 5.98. The molecule has 0 aliphatic carbocycles. The zero-order chi connectivity index (χ0) is 20.5. The summed E-state index contributed by atoms with van der Waals surface area (Å²) in [5.41, 5.74) is 4.54. The van der Waals surface area contributed by atoms with Crippen LogP contribution in [0.5, 0.6) is 5.75 Å². The molecule has 0 aromatic heterocycles. The van der Waals surface area contributed by atoms with Gasteiger partial charge in [-0.05, 0) is 63.5 Å². The summed E-state index contributed by atoms with van der Waals surface area (Å²) in [6, 6.07) is 24.1. The van der Waals surface area contributed by atoms with Gasteiger partial charge >= 0.3 is 11.8 Å². The normalized spacial score (nSPS) is 10.5. The molecule has 7 heteroatoms. The quantitative estimate of drug-likeness (QED) is 0.336. The zero-order valence-electron chi connectivity index (χ0n) is 15.3. The molecular formula is C22H18BrN3O3. The Morgan fingerprint density at radius 2 is 1.59 bits per heavy atom. The number of nitrogens with one attached hydrogen (secondary N) is 2. The third-order valence-electron chi connectivity index (χ3n) is 3.84. The molecule has 3 aromatic rings. The molecule has 0 bridgehead atoms. The number of carbonyl (C=O) groups is 2. The maximum absolute atomic E-state index is 11.9. The summed E-state index contributed by atoms with van der Waals surface area (Å²) in [5, 5.41) is 6.32. The Labute approximate surface area is 176 Å². The van der Waals surface area contributed by atoms with Crippen LogP contribution in [0.1, 0.15) is 11.1 Å². The number of rotatable bonds is 6. The molecule has 0 saturated heterocycles. The van der Waals surface area contributed by atoms with Crippen molar-refractivity contribution >= 4 is 39.6 Å². The van der Waals surface area contributed by atoms with E-state index in [0.717, 1.165) is 16.9 Å². The van der Waals surface area contributed by atoms with E-state index in [2.05, 4.69) is 31.8 Å². The van der Waals surface area contributed by atoms with Gasteiger partial charge < -0.3 is 10.1 Å². The van der Waals surface area contributed by atoms with Gasteiger partial charge in [-0.1, -0.05) is 42.5 Å². The number of amides is 2. The van der Waals surface area contributed by atoms with Crippen molar-refractivity contribution in [1.82, 2.24) is 5.43 Å². The third kappa shape index (κ3) is 6.29. The number of hydrogen-bond acceptors (Lipinski definition) is 4. The molecule has 146 valence electrons. The maximum atomic E-state index is 11.9. The molecular weight excluding hydrogens is 434 g/mol. The van der Waals surface area contributed by atoms with Crippen LogP contribution >= 0.6 is 15.9 Å². The highest BCUT2D eigenvalue weighted by molar-refractivity contribution is 9.10. The average Bonchev–Trinajstić information content (AvgIpc) is 2.75. The number of ether oxygens (including phenoxy) is 1. The van der Waals surface area contributed by atoms with Crippen LogP contribution in [0.3, 0.4) is 0 Å². The highest BCUT2D eigenvalue weighted by Gasteiger charge is 2.13. The van der Waals surface area contributed by atoms with Gasteiger partial charge in [0.05, 0.1) is 11.9 Å². The van der Waals surface area contributed by atoms with E-state index in [1.165, 1.54) is 6.21 Å². The largest absolute Gasteiger partial charge is 0.489 e. The Kier molecular flexibility index (Phi) is 7.13. The molecule has 0 saturated carbocycles. The number of benzene rings is 3. The van der Waals surface area contributed by atoms with Crippen molar-refractivity contribution in [3.05, 3.63) is 94.5 Å². The maximum Gasteiger partial charge on any atom is 0.329 e. The van der Waals surface area contributed by atoms with Crippen molar-refractivity contribution in [3.8, 4) is 5.75 Å². The van der Waals surface area contributed by atoms with Crippen LogP contribution in [0.4, 0.5) is 5.69 Å². The topological polar surface area (TPSA) is 79.8 Å². The van der Waals surface area contributed by atoms with Crippen LogP contribution in [0.15, 0.2) is 88.4 Å². The van der Waals surface area contributed by atoms with Crippen LogP contribution in [0.25, 0.3) is 0 Å². The van der Waals surface area contributed by atoms with Crippen LogP contribution in [0, 0.1) is 0 Å². The molecule has 0 radical (unpaired) electrons. The van der Waals surface area contributed by atoms with Gasteiger partial charge in [-0.2, -0.15) is 5.10 Å². The number of nitrogens with zero attached hydrogens (tertiary/aromatic N) is 1. The fraction of sp³-hybridized carbons (Fsp3) is 0.0455. The average molecular weight is 452 g/mol. The van der Waals surface area contributed by atoms with Crippen LogP contribution < -0.4 is 15.5 Å². The highest BCUT2D eigenvalue weighted by Crippen LogP contribution is 2.20. The molecule has 0 fully saturated rings. The lowest BCUT2D eigenvalue weighted by molar-refractivity contribution is -0.136. The molecule has 0 atom stereocenters. The summed E-state index contributed by atoms with van der Waals surface area (Å²) in [7, 11) is 0. The fourth-order valence-corrected chi connectivity index (χ4v) is 2.73. The number of hydrazone groups is 1. The lowest BCUT2D eigenvalue weighted by atomic mass is 10.2. The molecule has 0 aliphatic rings. The minimum atomic E-state index is -0.861. The lowest BCUT2D eigenvalue weighted by Gasteiger charge is -2.06. The number of carbonyl (C=O) groups excluding carboxylic acids is 2. The van der Waals surface area contributed by atoms with Gasteiger partial charge in [-0.15, -0.1) is 0 Å². The van der Waals surface area contributed by atoms with Crippen molar-refractivity contribution in [3.63, 3.8) is 0 Å². The lowest BCUT2D eigenvalue weighted by Crippen LogP contribution is -2.32. The van der Waals surface area contributed by atoms with E-state index in [4.69, 9.17) is 4.74 Å². The third-order valence-corrected chi connectivity index (χ3v) is 4.53. The van der Waals surface area contributed by atoms with Crippen LogP contribution in [0.2, 0.25) is 0 Å². The van der Waals surface area contributed by atoms with Gasteiger partial charge in [0, 0.05) is 4.47 Å². The molecule has 0 unspecified atom stereocenters. The first kappa shape index (κ1) is 20.3. The molecule has 29 heavy (non-hydrogen) atoms. The van der Waals surface area contributed by atoms with E-state index in [-0.39, 0.29) is 0 Å². The Morgan fingerprint density at radius 3 is 2.31 bits per heavy atom. The van der Waals surface area contributed by atoms with Gasteiger partial charge in [-0.25, -0.2) is 5.43 Å². The number of anilines is 1. The molecule has 3 aromatic carbocycles.